The van der Waals surface area contributed by atoms with E-state index < -0.39 is 22.8 Å². The van der Waals surface area contributed by atoms with E-state index in [9.17, 15) is 8.78 Å². The minimum absolute atomic E-state index is 0.172. The number of ether oxygens (including phenoxy) is 1. The zero-order chi connectivity index (χ0) is 11.9. The SMILES string of the molecule is COc1c(C2(C#N)CC2)cc(F)c(O)c1F. The zero-order valence-electron chi connectivity index (χ0n) is 8.55. The van der Waals surface area contributed by atoms with Gasteiger partial charge in [-0.25, -0.2) is 4.39 Å². The highest BCUT2D eigenvalue weighted by Gasteiger charge is 2.48. The predicted molar refractivity (Wildman–Crippen MR) is 51.1 cm³/mol. The second-order valence-electron chi connectivity index (χ2n) is 3.80. The highest BCUT2D eigenvalue weighted by atomic mass is 19.1. The van der Waals surface area contributed by atoms with Crippen LogP contribution in [0.15, 0.2) is 6.07 Å². The third-order valence-electron chi connectivity index (χ3n) is 2.83. The van der Waals surface area contributed by atoms with Gasteiger partial charge in [-0.3, -0.25) is 0 Å². The van der Waals surface area contributed by atoms with Gasteiger partial charge in [0, 0.05) is 5.56 Å². The molecule has 1 fully saturated rings. The Balaban J connectivity index is 2.67. The molecule has 0 heterocycles. The fourth-order valence-electron chi connectivity index (χ4n) is 1.71. The van der Waals surface area contributed by atoms with Crippen molar-refractivity contribution in [3.8, 4) is 17.6 Å². The van der Waals surface area contributed by atoms with Gasteiger partial charge in [0.05, 0.1) is 18.6 Å². The molecule has 0 bridgehead atoms. The van der Waals surface area contributed by atoms with Crippen LogP contribution in [0.3, 0.4) is 0 Å². The average Bonchev–Trinajstić information content (AvgIpc) is 3.06. The Kier molecular flexibility index (Phi) is 2.23. The summed E-state index contributed by atoms with van der Waals surface area (Å²) >= 11 is 0. The number of halogens is 2. The lowest BCUT2D eigenvalue weighted by atomic mass is 9.96. The average molecular weight is 225 g/mol. The summed E-state index contributed by atoms with van der Waals surface area (Å²) in [4.78, 5) is 0. The van der Waals surface area contributed by atoms with Gasteiger partial charge in [-0.1, -0.05) is 0 Å². The molecule has 0 amide bonds. The Bertz CT molecular complexity index is 490. The van der Waals surface area contributed by atoms with Gasteiger partial charge in [0.1, 0.15) is 0 Å². The Hall–Kier alpha value is -1.83. The summed E-state index contributed by atoms with van der Waals surface area (Å²) in [5, 5.41) is 18.1. The maximum atomic E-state index is 13.5. The smallest absolute Gasteiger partial charge is 0.209 e. The molecule has 1 N–H and O–H groups in total. The molecule has 0 aromatic heterocycles. The highest BCUT2D eigenvalue weighted by Crippen LogP contribution is 2.52. The maximum Gasteiger partial charge on any atom is 0.209 e. The number of phenolic OH excluding ortho intramolecular Hbond substituents is 1. The van der Waals surface area contributed by atoms with Crippen LogP contribution in [0.25, 0.3) is 0 Å². The lowest BCUT2D eigenvalue weighted by Gasteiger charge is -2.14. The monoisotopic (exact) mass is 225 g/mol. The third-order valence-corrected chi connectivity index (χ3v) is 2.83. The standard InChI is InChI=1S/C11H9F2NO2/c1-16-10-6(11(5-14)2-3-11)4-7(12)9(15)8(10)13/h4,15H,2-3H2,1H3. The highest BCUT2D eigenvalue weighted by molar-refractivity contribution is 5.52. The van der Waals surface area contributed by atoms with Crippen molar-refractivity contribution in [2.45, 2.75) is 18.3 Å². The molecule has 1 saturated carbocycles. The number of hydrogen-bond donors (Lipinski definition) is 1. The molecule has 1 aliphatic rings. The van der Waals surface area contributed by atoms with E-state index in [0.29, 0.717) is 12.8 Å². The van der Waals surface area contributed by atoms with E-state index in [2.05, 4.69) is 0 Å². The van der Waals surface area contributed by atoms with Gasteiger partial charge in [0.15, 0.2) is 17.3 Å². The number of benzene rings is 1. The van der Waals surface area contributed by atoms with Crippen LogP contribution in [-0.4, -0.2) is 12.2 Å². The summed E-state index contributed by atoms with van der Waals surface area (Å²) in [5.74, 6) is -3.55. The molecule has 0 saturated heterocycles. The van der Waals surface area contributed by atoms with Crippen LogP contribution < -0.4 is 4.74 Å². The van der Waals surface area contributed by atoms with Crippen molar-refractivity contribution < 1.29 is 18.6 Å². The fraction of sp³-hybridized carbons (Fsp3) is 0.364. The molecule has 0 unspecified atom stereocenters. The maximum absolute atomic E-state index is 13.5. The molecule has 5 heteroatoms. The van der Waals surface area contributed by atoms with Gasteiger partial charge in [-0.05, 0) is 18.9 Å². The van der Waals surface area contributed by atoms with Gasteiger partial charge >= 0.3 is 0 Å². The van der Waals surface area contributed by atoms with Gasteiger partial charge < -0.3 is 9.84 Å². The number of rotatable bonds is 2. The molecule has 0 atom stereocenters. The van der Waals surface area contributed by atoms with Crippen molar-refractivity contribution in [1.29, 1.82) is 5.26 Å². The summed E-state index contributed by atoms with van der Waals surface area (Å²) in [7, 11) is 1.21. The van der Waals surface area contributed by atoms with E-state index >= 15 is 0 Å². The molecular weight excluding hydrogens is 216 g/mol. The van der Waals surface area contributed by atoms with E-state index in [1.807, 2.05) is 6.07 Å². The quantitative estimate of drug-likeness (QED) is 0.839. The topological polar surface area (TPSA) is 53.2 Å². The van der Waals surface area contributed by atoms with Crippen molar-refractivity contribution in [2.75, 3.05) is 7.11 Å². The van der Waals surface area contributed by atoms with Gasteiger partial charge in [-0.2, -0.15) is 9.65 Å². The third kappa shape index (κ3) is 1.30. The number of phenols is 1. The van der Waals surface area contributed by atoms with E-state index in [1.54, 1.807) is 0 Å². The minimum atomic E-state index is -1.15. The molecule has 1 aliphatic carbocycles. The first-order valence-electron chi connectivity index (χ1n) is 4.72. The largest absolute Gasteiger partial charge is 0.503 e. The first-order chi connectivity index (χ1) is 7.55. The van der Waals surface area contributed by atoms with Gasteiger partial charge in [-0.15, -0.1) is 0 Å². The Morgan fingerprint density at radius 1 is 1.50 bits per heavy atom. The van der Waals surface area contributed by atoms with Gasteiger partial charge in [0.25, 0.3) is 0 Å². The molecule has 84 valence electrons. The van der Waals surface area contributed by atoms with Crippen LogP contribution >= 0.6 is 0 Å². The first kappa shape index (κ1) is 10.7. The number of nitriles is 1. The number of aromatic hydroxyl groups is 1. The van der Waals surface area contributed by atoms with Crippen LogP contribution in [0.5, 0.6) is 11.5 Å². The molecule has 1 aromatic rings. The molecule has 1 aromatic carbocycles. The van der Waals surface area contributed by atoms with E-state index in [1.165, 1.54) is 7.11 Å². The number of hydrogen-bond acceptors (Lipinski definition) is 3. The van der Waals surface area contributed by atoms with Gasteiger partial charge in [0.2, 0.25) is 5.82 Å². The summed E-state index contributed by atoms with van der Waals surface area (Å²) in [6.07, 6.45) is 1.09. The molecule has 3 nitrogen and oxygen atoms in total. The Labute approximate surface area is 90.9 Å². The fourth-order valence-corrected chi connectivity index (χ4v) is 1.71. The molecule has 2 rings (SSSR count). The van der Waals surface area contributed by atoms with Crippen molar-refractivity contribution >= 4 is 0 Å². The van der Waals surface area contributed by atoms with E-state index in [-0.39, 0.29) is 11.3 Å². The predicted octanol–water partition coefficient (Wildman–Crippen LogP) is 2.23. The molecule has 0 aliphatic heterocycles. The molecular formula is C11H9F2NO2. The van der Waals surface area contributed by atoms with Crippen molar-refractivity contribution in [2.24, 2.45) is 0 Å². The van der Waals surface area contributed by atoms with Crippen molar-refractivity contribution in [3.63, 3.8) is 0 Å². The molecule has 0 radical (unpaired) electrons. The molecule has 16 heavy (non-hydrogen) atoms. The summed E-state index contributed by atoms with van der Waals surface area (Å²) in [6, 6.07) is 2.99. The summed E-state index contributed by atoms with van der Waals surface area (Å²) in [5.41, 5.74) is -0.689. The van der Waals surface area contributed by atoms with Crippen LogP contribution in [0, 0.1) is 23.0 Å². The van der Waals surface area contributed by atoms with Crippen LogP contribution in [0.4, 0.5) is 8.78 Å². The zero-order valence-corrected chi connectivity index (χ0v) is 8.55. The van der Waals surface area contributed by atoms with Crippen molar-refractivity contribution in [1.82, 2.24) is 0 Å². The Morgan fingerprint density at radius 3 is 2.56 bits per heavy atom. The lowest BCUT2D eigenvalue weighted by Crippen LogP contribution is -2.08. The van der Waals surface area contributed by atoms with Crippen LogP contribution in [-0.2, 0) is 5.41 Å². The summed E-state index contributed by atoms with van der Waals surface area (Å²) in [6.45, 7) is 0. The minimum Gasteiger partial charge on any atom is -0.503 e. The second-order valence-corrected chi connectivity index (χ2v) is 3.80. The van der Waals surface area contributed by atoms with Crippen LogP contribution in [0.1, 0.15) is 18.4 Å². The lowest BCUT2D eigenvalue weighted by molar-refractivity contribution is 0.344. The first-order valence-corrected chi connectivity index (χ1v) is 4.72. The molecule has 0 spiro atoms. The Morgan fingerprint density at radius 2 is 2.12 bits per heavy atom. The second kappa shape index (κ2) is 3.34. The summed E-state index contributed by atoms with van der Waals surface area (Å²) < 4.78 is 31.5. The van der Waals surface area contributed by atoms with E-state index in [4.69, 9.17) is 15.1 Å². The van der Waals surface area contributed by atoms with Crippen LogP contribution in [0.2, 0.25) is 0 Å². The number of methoxy groups -OCH3 is 1. The number of nitrogens with zero attached hydrogens (tertiary/aromatic N) is 1. The normalized spacial score (nSPS) is 16.6. The van der Waals surface area contributed by atoms with Crippen molar-refractivity contribution in [3.05, 3.63) is 23.3 Å². The van der Waals surface area contributed by atoms with E-state index in [0.717, 1.165) is 6.07 Å².